The van der Waals surface area contributed by atoms with Crippen LogP contribution in [-0.2, 0) is 11.3 Å². The maximum Gasteiger partial charge on any atom is 0.222 e. The molecule has 4 rings (SSSR count). The summed E-state index contributed by atoms with van der Waals surface area (Å²) in [5, 5.41) is 1.26. The summed E-state index contributed by atoms with van der Waals surface area (Å²) in [6.45, 7) is 1.68. The van der Waals surface area contributed by atoms with E-state index in [1.165, 1.54) is 15.0 Å². The van der Waals surface area contributed by atoms with Crippen LogP contribution in [0.2, 0.25) is 0 Å². The highest BCUT2D eigenvalue weighted by Gasteiger charge is 2.27. The molecule has 1 fully saturated rings. The third-order valence-corrected chi connectivity index (χ3v) is 5.35. The molecule has 5 heteroatoms. The number of rotatable bonds is 3. The van der Waals surface area contributed by atoms with Gasteiger partial charge in [0.15, 0.2) is 0 Å². The van der Waals surface area contributed by atoms with Gasteiger partial charge in [-0.15, -0.1) is 11.3 Å². The number of hydrogen-bond acceptors (Lipinski definition) is 3. The zero-order valence-electron chi connectivity index (χ0n) is 12.4. The number of imidazole rings is 1. The summed E-state index contributed by atoms with van der Waals surface area (Å²) in [4.78, 5) is 19.2. The van der Waals surface area contributed by atoms with Gasteiger partial charge in [0.1, 0.15) is 5.82 Å². The Morgan fingerprint density at radius 2 is 2.23 bits per heavy atom. The van der Waals surface area contributed by atoms with Crippen molar-refractivity contribution in [2.45, 2.75) is 13.0 Å². The Balaban J connectivity index is 1.63. The van der Waals surface area contributed by atoms with Gasteiger partial charge in [0.2, 0.25) is 5.91 Å². The molecule has 3 heterocycles. The summed E-state index contributed by atoms with van der Waals surface area (Å²) in [5.74, 6) is 1.62. The zero-order valence-corrected chi connectivity index (χ0v) is 13.2. The van der Waals surface area contributed by atoms with E-state index in [4.69, 9.17) is 0 Å². The molecule has 1 aliphatic rings. The van der Waals surface area contributed by atoms with Crippen LogP contribution in [-0.4, -0.2) is 34.0 Å². The monoisotopic (exact) mass is 311 g/mol. The molecule has 1 amide bonds. The number of nitrogens with zero attached hydrogens (tertiary/aromatic N) is 3. The maximum absolute atomic E-state index is 11.7. The molecule has 4 nitrogen and oxygen atoms in total. The molecule has 0 aliphatic carbocycles. The van der Waals surface area contributed by atoms with Gasteiger partial charge in [0.05, 0.1) is 4.88 Å². The van der Waals surface area contributed by atoms with E-state index in [1.54, 1.807) is 11.3 Å². The van der Waals surface area contributed by atoms with Crippen molar-refractivity contribution in [1.82, 2.24) is 14.5 Å². The number of amides is 1. The van der Waals surface area contributed by atoms with Gasteiger partial charge < -0.3 is 9.47 Å². The molecular formula is C17H17N3OS. The predicted octanol–water partition coefficient (Wildman–Crippen LogP) is 3.24. The van der Waals surface area contributed by atoms with Crippen LogP contribution in [0.3, 0.4) is 0 Å². The third-order valence-electron chi connectivity index (χ3n) is 4.24. The molecule has 1 atom stereocenters. The minimum atomic E-state index is 0.244. The summed E-state index contributed by atoms with van der Waals surface area (Å²) in [7, 11) is 1.88. The first-order valence-corrected chi connectivity index (χ1v) is 8.26. The molecule has 1 saturated heterocycles. The van der Waals surface area contributed by atoms with Gasteiger partial charge in [0, 0.05) is 49.6 Å². The average molecular weight is 311 g/mol. The first-order chi connectivity index (χ1) is 10.7. The van der Waals surface area contributed by atoms with Gasteiger partial charge in [-0.05, 0) is 17.5 Å². The molecule has 1 unspecified atom stereocenters. The van der Waals surface area contributed by atoms with Crippen molar-refractivity contribution in [3.8, 4) is 10.7 Å². The van der Waals surface area contributed by atoms with Crippen LogP contribution < -0.4 is 0 Å². The lowest BCUT2D eigenvalue weighted by atomic mass is 10.1. The topological polar surface area (TPSA) is 38.1 Å². The van der Waals surface area contributed by atoms with Crippen LogP contribution in [0, 0.1) is 5.92 Å². The quantitative estimate of drug-likeness (QED) is 0.745. The minimum absolute atomic E-state index is 0.244. The van der Waals surface area contributed by atoms with Crippen molar-refractivity contribution >= 4 is 27.3 Å². The first-order valence-electron chi connectivity index (χ1n) is 7.45. The van der Waals surface area contributed by atoms with Crippen LogP contribution in [0.15, 0.2) is 42.7 Å². The first kappa shape index (κ1) is 13.5. The van der Waals surface area contributed by atoms with Crippen molar-refractivity contribution in [3.63, 3.8) is 0 Å². The SMILES string of the molecule is CN1CC(Cn2ccnc2-c2cc3ccccc3s2)CC1=O. The molecule has 0 spiro atoms. The van der Waals surface area contributed by atoms with E-state index in [2.05, 4.69) is 39.9 Å². The number of thiophene rings is 1. The maximum atomic E-state index is 11.7. The Labute approximate surface area is 133 Å². The smallest absolute Gasteiger partial charge is 0.222 e. The number of carbonyl (C=O) groups is 1. The van der Waals surface area contributed by atoms with Crippen molar-refractivity contribution < 1.29 is 4.79 Å². The fourth-order valence-electron chi connectivity index (χ4n) is 3.13. The molecular weight excluding hydrogens is 294 g/mol. The molecule has 0 bridgehead atoms. The van der Waals surface area contributed by atoms with E-state index in [0.29, 0.717) is 12.3 Å². The number of hydrogen-bond donors (Lipinski definition) is 0. The average Bonchev–Trinajstić information content (AvgIpc) is 3.18. The Morgan fingerprint density at radius 3 is 3.00 bits per heavy atom. The molecule has 3 aromatic rings. The molecule has 0 radical (unpaired) electrons. The van der Waals surface area contributed by atoms with E-state index < -0.39 is 0 Å². The van der Waals surface area contributed by atoms with E-state index >= 15 is 0 Å². The highest BCUT2D eigenvalue weighted by atomic mass is 32.1. The number of fused-ring (bicyclic) bond motifs is 1. The van der Waals surface area contributed by atoms with Crippen molar-refractivity contribution in [1.29, 1.82) is 0 Å². The standard InChI is InChI=1S/C17H17N3OS/c1-19-10-12(8-16(19)21)11-20-7-6-18-17(20)15-9-13-4-2-3-5-14(13)22-15/h2-7,9,12H,8,10-11H2,1H3. The predicted molar refractivity (Wildman–Crippen MR) is 88.8 cm³/mol. The highest BCUT2D eigenvalue weighted by molar-refractivity contribution is 7.22. The van der Waals surface area contributed by atoms with Gasteiger partial charge >= 0.3 is 0 Å². The summed E-state index contributed by atoms with van der Waals surface area (Å²) >= 11 is 1.77. The van der Waals surface area contributed by atoms with E-state index in [1.807, 2.05) is 24.3 Å². The molecule has 1 aliphatic heterocycles. The number of benzene rings is 1. The lowest BCUT2D eigenvalue weighted by Gasteiger charge is -2.12. The Bertz CT molecular complexity index is 802. The number of aromatic nitrogens is 2. The van der Waals surface area contributed by atoms with Gasteiger partial charge in [-0.1, -0.05) is 18.2 Å². The lowest BCUT2D eigenvalue weighted by Crippen LogP contribution is -2.20. The molecule has 112 valence electrons. The van der Waals surface area contributed by atoms with Gasteiger partial charge in [-0.2, -0.15) is 0 Å². The van der Waals surface area contributed by atoms with Crippen molar-refractivity contribution in [2.75, 3.05) is 13.6 Å². The largest absolute Gasteiger partial charge is 0.345 e. The van der Waals surface area contributed by atoms with E-state index in [9.17, 15) is 4.79 Å². The molecule has 1 aromatic carbocycles. The second-order valence-electron chi connectivity index (χ2n) is 5.90. The van der Waals surface area contributed by atoms with Gasteiger partial charge in [-0.25, -0.2) is 4.98 Å². The normalized spacial score (nSPS) is 18.5. The van der Waals surface area contributed by atoms with Crippen LogP contribution >= 0.6 is 11.3 Å². The summed E-state index contributed by atoms with van der Waals surface area (Å²) in [6, 6.07) is 10.6. The minimum Gasteiger partial charge on any atom is -0.345 e. The van der Waals surface area contributed by atoms with Crippen LogP contribution in [0.4, 0.5) is 0 Å². The van der Waals surface area contributed by atoms with Gasteiger partial charge in [0.25, 0.3) is 0 Å². The summed E-state index contributed by atoms with van der Waals surface area (Å²) in [5.41, 5.74) is 0. The van der Waals surface area contributed by atoms with Crippen LogP contribution in [0.5, 0.6) is 0 Å². The molecule has 0 saturated carbocycles. The second kappa shape index (κ2) is 5.25. The van der Waals surface area contributed by atoms with Crippen molar-refractivity contribution in [2.24, 2.45) is 5.92 Å². The van der Waals surface area contributed by atoms with E-state index in [0.717, 1.165) is 18.9 Å². The lowest BCUT2D eigenvalue weighted by molar-refractivity contribution is -0.126. The molecule has 22 heavy (non-hydrogen) atoms. The second-order valence-corrected chi connectivity index (χ2v) is 6.98. The van der Waals surface area contributed by atoms with Crippen LogP contribution in [0.1, 0.15) is 6.42 Å². The summed E-state index contributed by atoms with van der Waals surface area (Å²) < 4.78 is 3.46. The zero-order chi connectivity index (χ0) is 15.1. The third kappa shape index (κ3) is 2.31. The molecule has 2 aromatic heterocycles. The molecule has 0 N–H and O–H groups in total. The Hall–Kier alpha value is -2.14. The fraction of sp³-hybridized carbons (Fsp3) is 0.294. The van der Waals surface area contributed by atoms with Crippen LogP contribution in [0.25, 0.3) is 20.8 Å². The van der Waals surface area contributed by atoms with Gasteiger partial charge in [-0.3, -0.25) is 4.79 Å². The number of carbonyl (C=O) groups excluding carboxylic acids is 1. The summed E-state index contributed by atoms with van der Waals surface area (Å²) in [6.07, 6.45) is 4.50. The fourth-order valence-corrected chi connectivity index (χ4v) is 4.21. The number of likely N-dealkylation sites (tertiary alicyclic amines) is 1. The Morgan fingerprint density at radius 1 is 1.36 bits per heavy atom. The highest BCUT2D eigenvalue weighted by Crippen LogP contribution is 2.33. The van der Waals surface area contributed by atoms with E-state index in [-0.39, 0.29) is 5.91 Å². The Kier molecular flexibility index (Phi) is 3.22. The van der Waals surface area contributed by atoms with Crippen molar-refractivity contribution in [3.05, 3.63) is 42.7 Å².